The molecule has 6 heteroatoms. The minimum Gasteiger partial charge on any atom is -0.379 e. The molecule has 0 spiro atoms. The Morgan fingerprint density at radius 1 is 1.62 bits per heavy atom. The van der Waals surface area contributed by atoms with Crippen molar-refractivity contribution in [2.45, 2.75) is 13.2 Å². The Labute approximate surface area is 49.6 Å². The summed E-state index contributed by atoms with van der Waals surface area (Å²) in [6, 6.07) is 0. The van der Waals surface area contributed by atoms with Crippen molar-refractivity contribution < 1.29 is 18.4 Å². The molecule has 52 valence electrons. The van der Waals surface area contributed by atoms with Gasteiger partial charge in [0.15, 0.2) is 0 Å². The maximum absolute atomic E-state index is 8.67. The fourth-order valence-corrected chi connectivity index (χ4v) is 0. The molecule has 8 heavy (non-hydrogen) atoms. The first kappa shape index (κ1) is 10.9. The summed E-state index contributed by atoms with van der Waals surface area (Å²) in [5.41, 5.74) is 4.67. The van der Waals surface area contributed by atoms with Gasteiger partial charge in [-0.05, 0) is 6.92 Å². The SMILES string of the molecule is CC(N)O.O=S(O)O. The van der Waals surface area contributed by atoms with Crippen LogP contribution in [0.5, 0.6) is 0 Å². The summed E-state index contributed by atoms with van der Waals surface area (Å²) < 4.78 is 22.8. The van der Waals surface area contributed by atoms with Crippen LogP contribution in [0.1, 0.15) is 6.92 Å². The van der Waals surface area contributed by atoms with E-state index in [1.807, 2.05) is 0 Å². The largest absolute Gasteiger partial charge is 0.379 e. The molecule has 0 saturated heterocycles. The van der Waals surface area contributed by atoms with Gasteiger partial charge in [-0.25, -0.2) is 0 Å². The average molecular weight is 143 g/mol. The first-order valence-corrected chi connectivity index (χ1v) is 2.76. The number of aliphatic hydroxyl groups excluding tert-OH is 1. The molecular formula is C2H9NO4S. The van der Waals surface area contributed by atoms with E-state index in [1.165, 1.54) is 6.92 Å². The number of rotatable bonds is 0. The molecule has 0 aliphatic rings. The predicted octanol–water partition coefficient (Wildman–Crippen LogP) is -1.04. The van der Waals surface area contributed by atoms with Crippen molar-refractivity contribution >= 4 is 11.4 Å². The molecule has 0 fully saturated rings. The van der Waals surface area contributed by atoms with Gasteiger partial charge in [-0.2, -0.15) is 4.21 Å². The van der Waals surface area contributed by atoms with Crippen LogP contribution in [0.2, 0.25) is 0 Å². The summed E-state index contributed by atoms with van der Waals surface area (Å²) in [4.78, 5) is 0. The van der Waals surface area contributed by atoms with Gasteiger partial charge in [0.05, 0.1) is 6.23 Å². The van der Waals surface area contributed by atoms with Gasteiger partial charge >= 0.3 is 0 Å². The minimum absolute atomic E-state index is 0.667. The predicted molar refractivity (Wildman–Crippen MR) is 29.3 cm³/mol. The lowest BCUT2D eigenvalue weighted by Gasteiger charge is -1.82. The summed E-state index contributed by atoms with van der Waals surface area (Å²) in [5.74, 6) is 0. The van der Waals surface area contributed by atoms with Crippen LogP contribution in [0.4, 0.5) is 0 Å². The number of hydrogen-bond acceptors (Lipinski definition) is 3. The lowest BCUT2D eigenvalue weighted by Crippen LogP contribution is -2.11. The molecule has 0 aromatic rings. The molecule has 5 N–H and O–H groups in total. The van der Waals surface area contributed by atoms with Crippen LogP contribution in [0, 0.1) is 0 Å². The van der Waals surface area contributed by atoms with Crippen LogP contribution < -0.4 is 5.73 Å². The third-order valence-electron chi connectivity index (χ3n) is 0. The summed E-state index contributed by atoms with van der Waals surface area (Å²) in [5, 5.41) is 7.83. The molecule has 0 heterocycles. The van der Waals surface area contributed by atoms with E-state index in [1.54, 1.807) is 0 Å². The Kier molecular flexibility index (Phi) is 9.51. The van der Waals surface area contributed by atoms with Crippen molar-refractivity contribution in [1.29, 1.82) is 0 Å². The highest BCUT2D eigenvalue weighted by Crippen LogP contribution is 1.50. The molecule has 0 aliphatic heterocycles. The average Bonchev–Trinajstić information content (AvgIpc) is 1.25. The highest BCUT2D eigenvalue weighted by Gasteiger charge is 1.68. The van der Waals surface area contributed by atoms with Crippen LogP contribution in [-0.2, 0) is 11.4 Å². The molecule has 5 nitrogen and oxygen atoms in total. The molecule has 0 amide bonds. The summed E-state index contributed by atoms with van der Waals surface area (Å²) in [6.45, 7) is 1.50. The normalized spacial score (nSPS) is 12.2. The van der Waals surface area contributed by atoms with Crippen molar-refractivity contribution in [1.82, 2.24) is 0 Å². The van der Waals surface area contributed by atoms with Crippen LogP contribution in [0.3, 0.4) is 0 Å². The quantitative estimate of drug-likeness (QED) is 0.256. The number of nitrogens with two attached hydrogens (primary N) is 1. The maximum Gasteiger partial charge on any atom is 0.299 e. The molecule has 1 atom stereocenters. The van der Waals surface area contributed by atoms with E-state index in [0.29, 0.717) is 0 Å². The molecule has 0 aromatic carbocycles. The Bertz CT molecular complexity index is 58.3. The standard InChI is InChI=1S/C2H7NO.H2O3S/c1-2(3)4;1-4(2)3/h2,4H,3H2,1H3;(H2,1,2,3). The van der Waals surface area contributed by atoms with E-state index in [0.717, 1.165) is 0 Å². The van der Waals surface area contributed by atoms with Crippen molar-refractivity contribution in [3.05, 3.63) is 0 Å². The van der Waals surface area contributed by atoms with E-state index >= 15 is 0 Å². The van der Waals surface area contributed by atoms with E-state index in [4.69, 9.17) is 18.4 Å². The Hall–Kier alpha value is -0.0100. The molecule has 1 unspecified atom stereocenters. The van der Waals surface area contributed by atoms with Crippen LogP contribution >= 0.6 is 0 Å². The molecule has 0 saturated carbocycles. The fraction of sp³-hybridized carbons (Fsp3) is 1.00. The number of hydrogen-bond donors (Lipinski definition) is 4. The van der Waals surface area contributed by atoms with Gasteiger partial charge in [0.1, 0.15) is 0 Å². The second-order valence-corrected chi connectivity index (χ2v) is 1.43. The topological polar surface area (TPSA) is 104 Å². The third-order valence-corrected chi connectivity index (χ3v) is 0. The molecule has 0 rings (SSSR count). The summed E-state index contributed by atoms with van der Waals surface area (Å²) in [6.07, 6.45) is -0.667. The van der Waals surface area contributed by atoms with Crippen LogP contribution in [0.15, 0.2) is 0 Å². The van der Waals surface area contributed by atoms with E-state index in [2.05, 4.69) is 5.73 Å². The van der Waals surface area contributed by atoms with E-state index < -0.39 is 17.6 Å². The van der Waals surface area contributed by atoms with Gasteiger partial charge in [0, 0.05) is 0 Å². The molecule has 0 aromatic heterocycles. The zero-order valence-electron chi connectivity index (χ0n) is 4.31. The van der Waals surface area contributed by atoms with E-state index in [9.17, 15) is 0 Å². The lowest BCUT2D eigenvalue weighted by atomic mass is 10.7. The lowest BCUT2D eigenvalue weighted by molar-refractivity contribution is 0.203. The van der Waals surface area contributed by atoms with Gasteiger partial charge in [-0.3, -0.25) is 9.11 Å². The summed E-state index contributed by atoms with van der Waals surface area (Å²) >= 11 is -2.61. The van der Waals surface area contributed by atoms with E-state index in [-0.39, 0.29) is 0 Å². The highest BCUT2D eigenvalue weighted by molar-refractivity contribution is 7.73. The van der Waals surface area contributed by atoms with Crippen molar-refractivity contribution in [3.8, 4) is 0 Å². The smallest absolute Gasteiger partial charge is 0.299 e. The minimum atomic E-state index is -2.61. The number of aliphatic hydroxyl groups is 1. The zero-order valence-corrected chi connectivity index (χ0v) is 5.13. The Morgan fingerprint density at radius 3 is 1.62 bits per heavy atom. The van der Waals surface area contributed by atoms with Gasteiger partial charge in [0.2, 0.25) is 0 Å². The maximum atomic E-state index is 8.67. The van der Waals surface area contributed by atoms with Crippen molar-refractivity contribution in [2.75, 3.05) is 0 Å². The highest BCUT2D eigenvalue weighted by atomic mass is 32.2. The Balaban J connectivity index is 0. The van der Waals surface area contributed by atoms with Gasteiger partial charge in [-0.15, -0.1) is 0 Å². The molecular weight excluding hydrogens is 134 g/mol. The first-order chi connectivity index (χ1) is 3.46. The van der Waals surface area contributed by atoms with Gasteiger partial charge in [-0.1, -0.05) is 0 Å². The first-order valence-electron chi connectivity index (χ1n) is 1.70. The molecule has 0 radical (unpaired) electrons. The van der Waals surface area contributed by atoms with Crippen molar-refractivity contribution in [3.63, 3.8) is 0 Å². The fourth-order valence-electron chi connectivity index (χ4n) is 0. The summed E-state index contributed by atoms with van der Waals surface area (Å²) in [7, 11) is 0. The second kappa shape index (κ2) is 6.99. The Morgan fingerprint density at radius 2 is 1.62 bits per heavy atom. The van der Waals surface area contributed by atoms with Crippen LogP contribution in [0.25, 0.3) is 0 Å². The monoisotopic (exact) mass is 143 g/mol. The van der Waals surface area contributed by atoms with Crippen LogP contribution in [-0.4, -0.2) is 24.6 Å². The zero-order chi connectivity index (χ0) is 7.15. The van der Waals surface area contributed by atoms with Crippen molar-refractivity contribution in [2.24, 2.45) is 5.73 Å². The van der Waals surface area contributed by atoms with Gasteiger partial charge in [0.25, 0.3) is 11.4 Å². The molecule has 0 aliphatic carbocycles. The third kappa shape index (κ3) is 1490000. The second-order valence-electron chi connectivity index (χ2n) is 0.971. The van der Waals surface area contributed by atoms with Gasteiger partial charge < -0.3 is 10.8 Å². The molecule has 0 bridgehead atoms.